The SMILES string of the molecule is CCCCCCCOC(=O)Oc1cccc(CCCCCC)c1CCCCCC. The highest BCUT2D eigenvalue weighted by atomic mass is 16.7. The zero-order valence-corrected chi connectivity index (χ0v) is 19.3. The summed E-state index contributed by atoms with van der Waals surface area (Å²) in [5.41, 5.74) is 2.54. The summed E-state index contributed by atoms with van der Waals surface area (Å²) in [5.74, 6) is 0.700. The second-order valence-corrected chi connectivity index (χ2v) is 8.13. The third-order valence-electron chi connectivity index (χ3n) is 5.47. The number of carbonyl (C=O) groups is 1. The summed E-state index contributed by atoms with van der Waals surface area (Å²) in [6, 6.07) is 6.14. The van der Waals surface area contributed by atoms with Crippen LogP contribution in [0.1, 0.15) is 115 Å². The molecule has 1 aromatic carbocycles. The van der Waals surface area contributed by atoms with E-state index in [0.29, 0.717) is 12.4 Å². The van der Waals surface area contributed by atoms with Gasteiger partial charge in [-0.25, -0.2) is 4.79 Å². The van der Waals surface area contributed by atoms with Gasteiger partial charge in [0.25, 0.3) is 0 Å². The molecule has 1 rings (SSSR count). The van der Waals surface area contributed by atoms with Crippen LogP contribution in [0.2, 0.25) is 0 Å². The summed E-state index contributed by atoms with van der Waals surface area (Å²) < 4.78 is 11.0. The molecule has 0 bridgehead atoms. The van der Waals surface area contributed by atoms with Crippen molar-refractivity contribution in [1.82, 2.24) is 0 Å². The number of hydrogen-bond acceptors (Lipinski definition) is 3. The molecule has 0 saturated heterocycles. The molecule has 3 nitrogen and oxygen atoms in total. The van der Waals surface area contributed by atoms with Crippen molar-refractivity contribution >= 4 is 6.16 Å². The van der Waals surface area contributed by atoms with Gasteiger partial charge in [-0.1, -0.05) is 97.1 Å². The van der Waals surface area contributed by atoms with Crippen molar-refractivity contribution in [2.75, 3.05) is 6.61 Å². The number of benzene rings is 1. The van der Waals surface area contributed by atoms with E-state index in [0.717, 1.165) is 32.1 Å². The second kappa shape index (κ2) is 17.4. The average molecular weight is 405 g/mol. The fraction of sp³-hybridized carbons (Fsp3) is 0.731. The standard InChI is InChI=1S/C26H44O3/c1-4-7-10-13-16-22-28-26(27)29-25-21-17-19-23(18-14-11-8-5-2)24(25)20-15-12-9-6-3/h17,19,21H,4-16,18,20,22H2,1-3H3. The Bertz CT molecular complexity index is 539. The number of aryl methyl sites for hydroxylation is 1. The lowest BCUT2D eigenvalue weighted by Gasteiger charge is -2.15. The summed E-state index contributed by atoms with van der Waals surface area (Å²) in [6.07, 6.45) is 17.0. The lowest BCUT2D eigenvalue weighted by Crippen LogP contribution is -2.13. The molecule has 166 valence electrons. The number of rotatable bonds is 17. The first-order valence-electron chi connectivity index (χ1n) is 12.2. The van der Waals surface area contributed by atoms with E-state index in [1.165, 1.54) is 75.3 Å². The Balaban J connectivity index is 2.63. The summed E-state index contributed by atoms with van der Waals surface area (Å²) in [5, 5.41) is 0. The molecule has 0 fully saturated rings. The van der Waals surface area contributed by atoms with Crippen LogP contribution in [0.25, 0.3) is 0 Å². The van der Waals surface area contributed by atoms with Crippen LogP contribution in [0.15, 0.2) is 18.2 Å². The van der Waals surface area contributed by atoms with Gasteiger partial charge >= 0.3 is 6.16 Å². The first-order chi connectivity index (χ1) is 14.2. The van der Waals surface area contributed by atoms with Crippen molar-refractivity contribution < 1.29 is 14.3 Å². The van der Waals surface area contributed by atoms with E-state index in [2.05, 4.69) is 26.8 Å². The van der Waals surface area contributed by atoms with Gasteiger partial charge in [-0.15, -0.1) is 0 Å². The molecule has 0 aliphatic rings. The molecule has 0 unspecified atom stereocenters. The summed E-state index contributed by atoms with van der Waals surface area (Å²) in [6.45, 7) is 7.12. The normalized spacial score (nSPS) is 10.9. The molecule has 0 aliphatic heterocycles. The van der Waals surface area contributed by atoms with Crippen LogP contribution in [-0.4, -0.2) is 12.8 Å². The Hall–Kier alpha value is -1.51. The minimum absolute atomic E-state index is 0.449. The Morgan fingerprint density at radius 3 is 1.97 bits per heavy atom. The van der Waals surface area contributed by atoms with Gasteiger partial charge in [0.2, 0.25) is 0 Å². The topological polar surface area (TPSA) is 35.5 Å². The van der Waals surface area contributed by atoms with Crippen LogP contribution in [0.4, 0.5) is 4.79 Å². The molecule has 0 atom stereocenters. The molecular formula is C26H44O3. The minimum Gasteiger partial charge on any atom is -0.434 e. The molecule has 0 radical (unpaired) electrons. The van der Waals surface area contributed by atoms with Crippen molar-refractivity contribution in [1.29, 1.82) is 0 Å². The minimum atomic E-state index is -0.557. The van der Waals surface area contributed by atoms with Crippen molar-refractivity contribution in [2.45, 2.75) is 117 Å². The molecule has 29 heavy (non-hydrogen) atoms. The van der Waals surface area contributed by atoms with Gasteiger partial charge in [-0.2, -0.15) is 0 Å². The number of carbonyl (C=O) groups excluding carboxylic acids is 1. The van der Waals surface area contributed by atoms with Gasteiger partial charge in [0.15, 0.2) is 0 Å². The van der Waals surface area contributed by atoms with Gasteiger partial charge in [-0.3, -0.25) is 0 Å². The molecule has 0 aromatic heterocycles. The highest BCUT2D eigenvalue weighted by molar-refractivity contribution is 5.65. The molecule has 0 amide bonds. The van der Waals surface area contributed by atoms with Gasteiger partial charge < -0.3 is 9.47 Å². The molecule has 0 spiro atoms. The predicted octanol–water partition coefficient (Wildman–Crippen LogP) is 8.42. The number of hydrogen-bond donors (Lipinski definition) is 0. The quantitative estimate of drug-likeness (QED) is 0.148. The van der Waals surface area contributed by atoms with E-state index < -0.39 is 6.16 Å². The molecule has 1 aromatic rings. The molecule has 3 heteroatoms. The molecule has 0 saturated carbocycles. The Morgan fingerprint density at radius 2 is 1.31 bits per heavy atom. The zero-order chi connectivity index (χ0) is 21.2. The highest BCUT2D eigenvalue weighted by Gasteiger charge is 2.14. The van der Waals surface area contributed by atoms with E-state index in [1.54, 1.807) is 0 Å². The van der Waals surface area contributed by atoms with Crippen LogP contribution in [-0.2, 0) is 17.6 Å². The van der Waals surface area contributed by atoms with Crippen LogP contribution >= 0.6 is 0 Å². The van der Waals surface area contributed by atoms with Crippen molar-refractivity contribution in [3.05, 3.63) is 29.3 Å². The van der Waals surface area contributed by atoms with Crippen molar-refractivity contribution in [3.63, 3.8) is 0 Å². The predicted molar refractivity (Wildman–Crippen MR) is 123 cm³/mol. The Morgan fingerprint density at radius 1 is 0.724 bits per heavy atom. The maximum Gasteiger partial charge on any atom is 0.513 e. The van der Waals surface area contributed by atoms with Crippen molar-refractivity contribution in [3.8, 4) is 5.75 Å². The van der Waals surface area contributed by atoms with Gasteiger partial charge in [0.05, 0.1) is 6.61 Å². The maximum atomic E-state index is 12.2. The highest BCUT2D eigenvalue weighted by Crippen LogP contribution is 2.27. The first kappa shape index (κ1) is 25.5. The summed E-state index contributed by atoms with van der Waals surface area (Å²) in [7, 11) is 0. The summed E-state index contributed by atoms with van der Waals surface area (Å²) >= 11 is 0. The van der Waals surface area contributed by atoms with Gasteiger partial charge in [0.1, 0.15) is 5.75 Å². The van der Waals surface area contributed by atoms with Gasteiger partial charge in [-0.05, 0) is 49.3 Å². The lowest BCUT2D eigenvalue weighted by molar-refractivity contribution is 0.0969. The van der Waals surface area contributed by atoms with Crippen LogP contribution in [0, 0.1) is 0 Å². The lowest BCUT2D eigenvalue weighted by atomic mass is 9.96. The molecular weight excluding hydrogens is 360 g/mol. The van der Waals surface area contributed by atoms with Crippen molar-refractivity contribution in [2.24, 2.45) is 0 Å². The van der Waals surface area contributed by atoms with E-state index in [4.69, 9.17) is 9.47 Å². The second-order valence-electron chi connectivity index (χ2n) is 8.13. The summed E-state index contributed by atoms with van der Waals surface area (Å²) in [4.78, 5) is 12.2. The number of ether oxygens (including phenoxy) is 2. The van der Waals surface area contributed by atoms with Crippen LogP contribution < -0.4 is 4.74 Å². The fourth-order valence-electron chi connectivity index (χ4n) is 3.68. The first-order valence-corrected chi connectivity index (χ1v) is 12.2. The van der Waals surface area contributed by atoms with Gasteiger partial charge in [0, 0.05) is 0 Å². The van der Waals surface area contributed by atoms with E-state index in [-0.39, 0.29) is 0 Å². The van der Waals surface area contributed by atoms with Crippen LogP contribution in [0.5, 0.6) is 5.75 Å². The van der Waals surface area contributed by atoms with E-state index in [9.17, 15) is 4.79 Å². The van der Waals surface area contributed by atoms with Crippen LogP contribution in [0.3, 0.4) is 0 Å². The Kier molecular flexibility index (Phi) is 15.3. The van der Waals surface area contributed by atoms with E-state index in [1.807, 2.05) is 12.1 Å². The third kappa shape index (κ3) is 11.9. The maximum absolute atomic E-state index is 12.2. The largest absolute Gasteiger partial charge is 0.513 e. The average Bonchev–Trinajstić information content (AvgIpc) is 2.72. The Labute approximate surface area is 179 Å². The smallest absolute Gasteiger partial charge is 0.434 e. The zero-order valence-electron chi connectivity index (χ0n) is 19.3. The third-order valence-corrected chi connectivity index (χ3v) is 5.47. The molecule has 0 N–H and O–H groups in total. The number of unbranched alkanes of at least 4 members (excludes halogenated alkanes) is 10. The monoisotopic (exact) mass is 404 g/mol. The fourth-order valence-corrected chi connectivity index (χ4v) is 3.68. The molecule has 0 aliphatic carbocycles. The van der Waals surface area contributed by atoms with E-state index >= 15 is 0 Å². The molecule has 0 heterocycles.